The second-order valence-electron chi connectivity index (χ2n) is 5.32. The lowest BCUT2D eigenvalue weighted by Crippen LogP contribution is -2.17. The molecule has 0 unspecified atom stereocenters. The number of rotatable bonds is 1. The van der Waals surface area contributed by atoms with Crippen LogP contribution in [-0.4, -0.2) is 9.78 Å². The second-order valence-corrected chi connectivity index (χ2v) is 5.32. The van der Waals surface area contributed by atoms with Crippen LogP contribution in [0, 0.1) is 5.92 Å². The van der Waals surface area contributed by atoms with E-state index in [0.29, 0.717) is 6.04 Å². The Kier molecular flexibility index (Phi) is 2.54. The molecule has 0 radical (unpaired) electrons. The first-order chi connectivity index (χ1) is 8.24. The molecule has 2 N–H and O–H groups in total. The highest BCUT2D eigenvalue weighted by Crippen LogP contribution is 2.33. The van der Waals surface area contributed by atoms with Crippen LogP contribution < -0.4 is 5.73 Å². The number of hydrogen-bond acceptors (Lipinski definition) is 2. The molecule has 17 heavy (non-hydrogen) atoms. The lowest BCUT2D eigenvalue weighted by molar-refractivity contribution is 0.279. The molecule has 1 aromatic carbocycles. The van der Waals surface area contributed by atoms with Crippen LogP contribution in [0.25, 0.3) is 10.9 Å². The van der Waals surface area contributed by atoms with Gasteiger partial charge >= 0.3 is 0 Å². The van der Waals surface area contributed by atoms with Crippen LogP contribution in [0.3, 0.4) is 0 Å². The van der Waals surface area contributed by atoms with Crippen molar-refractivity contribution in [1.82, 2.24) is 9.78 Å². The van der Waals surface area contributed by atoms with Crippen LogP contribution >= 0.6 is 0 Å². The molecular formula is C14H19N3. The monoisotopic (exact) mass is 229 g/mol. The van der Waals surface area contributed by atoms with Gasteiger partial charge in [-0.25, -0.2) is 0 Å². The van der Waals surface area contributed by atoms with E-state index in [1.54, 1.807) is 0 Å². The normalized spacial score (nSPS) is 25.2. The number of hydrogen-bond donors (Lipinski definition) is 1. The summed E-state index contributed by atoms with van der Waals surface area (Å²) in [7, 11) is 0. The zero-order valence-corrected chi connectivity index (χ0v) is 10.3. The fraction of sp³-hybridized carbons (Fsp3) is 0.500. The molecule has 1 heterocycles. The fourth-order valence-corrected chi connectivity index (χ4v) is 2.83. The van der Waals surface area contributed by atoms with Gasteiger partial charge < -0.3 is 5.73 Å². The van der Waals surface area contributed by atoms with E-state index in [2.05, 4.69) is 22.8 Å². The lowest BCUT2D eigenvalue weighted by Gasteiger charge is -2.26. The van der Waals surface area contributed by atoms with Gasteiger partial charge in [0.05, 0.1) is 17.8 Å². The van der Waals surface area contributed by atoms with Crippen molar-refractivity contribution < 1.29 is 0 Å². The molecule has 1 fully saturated rings. The Bertz CT molecular complexity index is 521. The minimum Gasteiger partial charge on any atom is -0.399 e. The van der Waals surface area contributed by atoms with Crippen molar-refractivity contribution in [1.29, 1.82) is 0 Å². The molecule has 2 aromatic rings. The maximum absolute atomic E-state index is 5.86. The first-order valence-electron chi connectivity index (χ1n) is 6.47. The Morgan fingerprint density at radius 2 is 2.00 bits per heavy atom. The van der Waals surface area contributed by atoms with Crippen LogP contribution in [-0.2, 0) is 0 Å². The number of nitrogens with zero attached hydrogens (tertiary/aromatic N) is 2. The molecule has 3 nitrogen and oxygen atoms in total. The maximum Gasteiger partial charge on any atom is 0.0706 e. The summed E-state index contributed by atoms with van der Waals surface area (Å²) in [5, 5.41) is 5.74. The molecule has 1 aliphatic carbocycles. The SMILES string of the molecule is CC1CCC(n2ncc3ccc(N)cc32)CC1. The number of nitrogens with two attached hydrogens (primary N) is 1. The third kappa shape index (κ3) is 1.90. The summed E-state index contributed by atoms with van der Waals surface area (Å²) in [6.45, 7) is 2.34. The van der Waals surface area contributed by atoms with Crippen LogP contribution in [0.15, 0.2) is 24.4 Å². The van der Waals surface area contributed by atoms with E-state index in [-0.39, 0.29) is 0 Å². The van der Waals surface area contributed by atoms with E-state index in [1.807, 2.05) is 18.3 Å². The van der Waals surface area contributed by atoms with Crippen molar-refractivity contribution in [2.45, 2.75) is 38.6 Å². The molecule has 1 saturated carbocycles. The van der Waals surface area contributed by atoms with E-state index >= 15 is 0 Å². The van der Waals surface area contributed by atoms with E-state index in [4.69, 9.17) is 5.73 Å². The van der Waals surface area contributed by atoms with Crippen molar-refractivity contribution in [3.05, 3.63) is 24.4 Å². The minimum atomic E-state index is 0.561. The average molecular weight is 229 g/mol. The van der Waals surface area contributed by atoms with Gasteiger partial charge in [0.15, 0.2) is 0 Å². The van der Waals surface area contributed by atoms with Crippen LogP contribution in [0.5, 0.6) is 0 Å². The number of nitrogen functional groups attached to an aromatic ring is 1. The first kappa shape index (κ1) is 10.6. The molecule has 90 valence electrons. The van der Waals surface area contributed by atoms with Gasteiger partial charge in [0.1, 0.15) is 0 Å². The van der Waals surface area contributed by atoms with Crippen molar-refractivity contribution in [2.75, 3.05) is 5.73 Å². The summed E-state index contributed by atoms with van der Waals surface area (Å²) in [5.74, 6) is 0.873. The van der Waals surface area contributed by atoms with E-state index in [9.17, 15) is 0 Å². The number of fused-ring (bicyclic) bond motifs is 1. The molecule has 3 heteroatoms. The Morgan fingerprint density at radius 3 is 2.76 bits per heavy atom. The summed E-state index contributed by atoms with van der Waals surface area (Å²) in [5.41, 5.74) is 7.87. The molecule has 3 rings (SSSR count). The third-order valence-corrected chi connectivity index (χ3v) is 3.95. The summed E-state index contributed by atoms with van der Waals surface area (Å²) in [6.07, 6.45) is 7.06. The molecule has 0 saturated heterocycles. The largest absolute Gasteiger partial charge is 0.399 e. The highest BCUT2D eigenvalue weighted by molar-refractivity contribution is 5.81. The van der Waals surface area contributed by atoms with Gasteiger partial charge in [-0.05, 0) is 49.8 Å². The summed E-state index contributed by atoms with van der Waals surface area (Å²) >= 11 is 0. The molecule has 0 amide bonds. The zero-order valence-electron chi connectivity index (χ0n) is 10.3. The van der Waals surface area contributed by atoms with Gasteiger partial charge in [-0.15, -0.1) is 0 Å². The Balaban J connectivity index is 1.97. The van der Waals surface area contributed by atoms with Crippen LogP contribution in [0.4, 0.5) is 5.69 Å². The molecule has 0 atom stereocenters. The topological polar surface area (TPSA) is 43.8 Å². The Hall–Kier alpha value is -1.51. The van der Waals surface area contributed by atoms with Gasteiger partial charge in [-0.3, -0.25) is 4.68 Å². The van der Waals surface area contributed by atoms with Crippen LogP contribution in [0.2, 0.25) is 0 Å². The predicted octanol–water partition coefficient (Wildman–Crippen LogP) is 3.37. The average Bonchev–Trinajstić information content (AvgIpc) is 2.73. The minimum absolute atomic E-state index is 0.561. The van der Waals surface area contributed by atoms with Gasteiger partial charge in [0, 0.05) is 11.1 Å². The van der Waals surface area contributed by atoms with Gasteiger partial charge in [-0.1, -0.05) is 6.92 Å². The lowest BCUT2D eigenvalue weighted by atomic mass is 9.87. The van der Waals surface area contributed by atoms with Crippen molar-refractivity contribution in [3.8, 4) is 0 Å². The summed E-state index contributed by atoms with van der Waals surface area (Å²) in [6, 6.07) is 6.60. The fourth-order valence-electron chi connectivity index (χ4n) is 2.83. The summed E-state index contributed by atoms with van der Waals surface area (Å²) < 4.78 is 2.18. The van der Waals surface area contributed by atoms with Gasteiger partial charge in [0.25, 0.3) is 0 Å². The third-order valence-electron chi connectivity index (χ3n) is 3.95. The number of aromatic nitrogens is 2. The quantitative estimate of drug-likeness (QED) is 0.762. The first-order valence-corrected chi connectivity index (χ1v) is 6.47. The Morgan fingerprint density at radius 1 is 1.24 bits per heavy atom. The van der Waals surface area contributed by atoms with Crippen molar-refractivity contribution >= 4 is 16.6 Å². The predicted molar refractivity (Wildman–Crippen MR) is 70.8 cm³/mol. The van der Waals surface area contributed by atoms with Crippen LogP contribution in [0.1, 0.15) is 38.6 Å². The zero-order chi connectivity index (χ0) is 11.8. The molecule has 0 bridgehead atoms. The molecular weight excluding hydrogens is 210 g/mol. The highest BCUT2D eigenvalue weighted by atomic mass is 15.3. The molecule has 1 aliphatic rings. The van der Waals surface area contributed by atoms with E-state index < -0.39 is 0 Å². The van der Waals surface area contributed by atoms with Crippen molar-refractivity contribution in [3.63, 3.8) is 0 Å². The van der Waals surface area contributed by atoms with Crippen molar-refractivity contribution in [2.24, 2.45) is 5.92 Å². The van der Waals surface area contributed by atoms with Gasteiger partial charge in [0.2, 0.25) is 0 Å². The highest BCUT2D eigenvalue weighted by Gasteiger charge is 2.21. The van der Waals surface area contributed by atoms with E-state index in [0.717, 1.165) is 11.6 Å². The number of benzene rings is 1. The molecule has 0 spiro atoms. The molecule has 0 aliphatic heterocycles. The second kappa shape index (κ2) is 4.06. The number of anilines is 1. The van der Waals surface area contributed by atoms with E-state index in [1.165, 1.54) is 36.6 Å². The molecule has 1 aromatic heterocycles. The van der Waals surface area contributed by atoms with Gasteiger partial charge in [-0.2, -0.15) is 5.10 Å². The summed E-state index contributed by atoms with van der Waals surface area (Å²) in [4.78, 5) is 0. The Labute approximate surface area is 102 Å². The maximum atomic E-state index is 5.86. The smallest absolute Gasteiger partial charge is 0.0706 e. The standard InChI is InChI=1S/C14H19N3/c1-10-2-6-13(7-3-10)17-14-8-12(15)5-4-11(14)9-16-17/h4-5,8-10,13H,2-3,6-7,15H2,1H3.